The molecule has 3 rings (SSSR count). The first-order valence-corrected chi connectivity index (χ1v) is 10.7. The van der Waals surface area contributed by atoms with Gasteiger partial charge in [0.15, 0.2) is 0 Å². The molecule has 0 spiro atoms. The van der Waals surface area contributed by atoms with E-state index in [4.69, 9.17) is 0 Å². The molecular formula is C19H22IN3O2S. The lowest BCUT2D eigenvalue weighted by Crippen LogP contribution is -2.41. The van der Waals surface area contributed by atoms with Crippen LogP contribution in [0.2, 0.25) is 0 Å². The third kappa shape index (κ3) is 5.05. The molecule has 0 aliphatic carbocycles. The van der Waals surface area contributed by atoms with Gasteiger partial charge >= 0.3 is 0 Å². The maximum Gasteiger partial charge on any atom is 0.252 e. The largest absolute Gasteiger partial charge is 0.353 e. The molecule has 26 heavy (non-hydrogen) atoms. The minimum absolute atomic E-state index is 0.0129. The van der Waals surface area contributed by atoms with Crippen LogP contribution in [-0.4, -0.2) is 42.9 Å². The Morgan fingerprint density at radius 2 is 1.88 bits per heavy atom. The summed E-state index contributed by atoms with van der Waals surface area (Å²) in [6.45, 7) is 2.70. The zero-order valence-corrected chi connectivity index (χ0v) is 17.4. The third-order valence-electron chi connectivity index (χ3n) is 4.47. The second-order valence-corrected chi connectivity index (χ2v) is 8.38. The van der Waals surface area contributed by atoms with Gasteiger partial charge in [-0.25, -0.2) is 0 Å². The van der Waals surface area contributed by atoms with Gasteiger partial charge < -0.3 is 10.6 Å². The maximum absolute atomic E-state index is 12.2. The number of thiophene rings is 1. The second kappa shape index (κ2) is 9.48. The molecular weight excluding hydrogens is 461 g/mol. The van der Waals surface area contributed by atoms with Crippen LogP contribution in [-0.2, 0) is 4.79 Å². The van der Waals surface area contributed by atoms with E-state index in [9.17, 15) is 9.59 Å². The predicted molar refractivity (Wildman–Crippen MR) is 112 cm³/mol. The minimum Gasteiger partial charge on any atom is -0.353 e. The quantitative estimate of drug-likeness (QED) is 0.596. The van der Waals surface area contributed by atoms with E-state index >= 15 is 0 Å². The monoisotopic (exact) mass is 483 g/mol. The minimum atomic E-state index is -0.223. The highest BCUT2D eigenvalue weighted by Crippen LogP contribution is 2.27. The van der Waals surface area contributed by atoms with E-state index in [1.165, 1.54) is 17.7 Å². The molecule has 2 aromatic rings. The van der Waals surface area contributed by atoms with Gasteiger partial charge in [0, 0.05) is 15.0 Å². The Morgan fingerprint density at radius 3 is 2.58 bits per heavy atom. The summed E-state index contributed by atoms with van der Waals surface area (Å²) >= 11 is 3.84. The molecule has 1 aromatic carbocycles. The van der Waals surface area contributed by atoms with Crippen molar-refractivity contribution < 1.29 is 9.59 Å². The van der Waals surface area contributed by atoms with Crippen LogP contribution in [0.4, 0.5) is 0 Å². The topological polar surface area (TPSA) is 61.4 Å². The lowest BCUT2D eigenvalue weighted by molar-refractivity contribution is -0.120. The first-order valence-electron chi connectivity index (χ1n) is 8.72. The Morgan fingerprint density at radius 1 is 1.12 bits per heavy atom. The molecule has 0 bridgehead atoms. The van der Waals surface area contributed by atoms with Crippen LogP contribution in [0.5, 0.6) is 0 Å². The molecule has 2 heterocycles. The van der Waals surface area contributed by atoms with Crippen molar-refractivity contribution in [2.45, 2.75) is 18.9 Å². The summed E-state index contributed by atoms with van der Waals surface area (Å²) in [5.74, 6) is -0.385. The van der Waals surface area contributed by atoms with Gasteiger partial charge in [-0.1, -0.05) is 18.2 Å². The van der Waals surface area contributed by atoms with Crippen molar-refractivity contribution >= 4 is 45.7 Å². The number of carbonyl (C=O) groups is 2. The number of likely N-dealkylation sites (tertiary alicyclic amines) is 1. The highest BCUT2D eigenvalue weighted by Gasteiger charge is 2.24. The summed E-state index contributed by atoms with van der Waals surface area (Å²) in [4.78, 5) is 28.1. The van der Waals surface area contributed by atoms with E-state index in [1.807, 2.05) is 24.3 Å². The zero-order valence-electron chi connectivity index (χ0n) is 14.4. The second-order valence-electron chi connectivity index (χ2n) is 6.24. The van der Waals surface area contributed by atoms with Gasteiger partial charge in [0.25, 0.3) is 5.91 Å². The van der Waals surface area contributed by atoms with E-state index in [0.29, 0.717) is 12.1 Å². The zero-order chi connectivity index (χ0) is 18.4. The smallest absolute Gasteiger partial charge is 0.252 e. The summed E-state index contributed by atoms with van der Waals surface area (Å²) in [6.07, 6.45) is 2.42. The van der Waals surface area contributed by atoms with E-state index in [1.54, 1.807) is 17.4 Å². The summed E-state index contributed by atoms with van der Waals surface area (Å²) in [5, 5.41) is 7.75. The highest BCUT2D eigenvalue weighted by molar-refractivity contribution is 14.1. The van der Waals surface area contributed by atoms with Crippen molar-refractivity contribution in [3.05, 3.63) is 55.8 Å². The van der Waals surface area contributed by atoms with E-state index < -0.39 is 0 Å². The van der Waals surface area contributed by atoms with E-state index in [2.05, 4.69) is 49.6 Å². The molecule has 1 fully saturated rings. The van der Waals surface area contributed by atoms with Crippen LogP contribution in [0.25, 0.3) is 0 Å². The Kier molecular flexibility index (Phi) is 7.04. The number of hydrogen-bond donors (Lipinski definition) is 2. The van der Waals surface area contributed by atoms with E-state index in [-0.39, 0.29) is 24.4 Å². The van der Waals surface area contributed by atoms with Crippen molar-refractivity contribution in [3.63, 3.8) is 0 Å². The number of nitrogens with zero attached hydrogens (tertiary/aromatic N) is 1. The van der Waals surface area contributed by atoms with Crippen molar-refractivity contribution in [1.29, 1.82) is 0 Å². The average Bonchev–Trinajstić information content (AvgIpc) is 3.35. The fraction of sp³-hybridized carbons (Fsp3) is 0.368. The average molecular weight is 483 g/mol. The Hall–Kier alpha value is -1.45. The van der Waals surface area contributed by atoms with Crippen molar-refractivity contribution in [3.8, 4) is 0 Å². The molecule has 1 saturated heterocycles. The molecule has 5 nitrogen and oxygen atoms in total. The molecule has 2 amide bonds. The number of benzene rings is 1. The fourth-order valence-corrected chi connectivity index (χ4v) is 4.61. The van der Waals surface area contributed by atoms with Crippen LogP contribution in [0.15, 0.2) is 41.8 Å². The SMILES string of the molecule is O=C(CNC(=O)c1ccccc1I)NCC(c1cccs1)N1CCCC1. The molecule has 0 saturated carbocycles. The van der Waals surface area contributed by atoms with Gasteiger partial charge in [-0.05, 0) is 72.1 Å². The standard InChI is InChI=1S/C19H22IN3O2S/c20-15-7-2-1-6-14(15)19(25)22-13-18(24)21-12-16(17-8-5-11-26-17)23-9-3-4-10-23/h1-2,5-8,11,16H,3-4,9-10,12-13H2,(H,21,24)(H,22,25). The molecule has 1 atom stereocenters. The summed E-state index contributed by atoms with van der Waals surface area (Å²) in [5.41, 5.74) is 0.592. The van der Waals surface area contributed by atoms with Crippen LogP contribution < -0.4 is 10.6 Å². The maximum atomic E-state index is 12.2. The predicted octanol–water partition coefficient (Wildman–Crippen LogP) is 3.04. The molecule has 2 N–H and O–H groups in total. The van der Waals surface area contributed by atoms with E-state index in [0.717, 1.165) is 16.7 Å². The van der Waals surface area contributed by atoms with Crippen molar-refractivity contribution in [1.82, 2.24) is 15.5 Å². The lowest BCUT2D eigenvalue weighted by Gasteiger charge is -2.26. The van der Waals surface area contributed by atoms with Gasteiger partial charge in [0.2, 0.25) is 5.91 Å². The van der Waals surface area contributed by atoms with Gasteiger partial charge in [-0.15, -0.1) is 11.3 Å². The van der Waals surface area contributed by atoms with Crippen LogP contribution in [0.3, 0.4) is 0 Å². The van der Waals surface area contributed by atoms with Crippen LogP contribution in [0.1, 0.15) is 34.1 Å². The molecule has 1 unspecified atom stereocenters. The number of nitrogens with one attached hydrogen (secondary N) is 2. The Balaban J connectivity index is 1.51. The molecule has 1 aliphatic heterocycles. The highest BCUT2D eigenvalue weighted by atomic mass is 127. The Bertz CT molecular complexity index is 745. The lowest BCUT2D eigenvalue weighted by atomic mass is 10.2. The number of halogens is 1. The molecule has 138 valence electrons. The molecule has 7 heteroatoms. The number of carbonyl (C=O) groups excluding carboxylic acids is 2. The fourth-order valence-electron chi connectivity index (χ4n) is 3.12. The van der Waals surface area contributed by atoms with Gasteiger partial charge in [-0.3, -0.25) is 14.5 Å². The molecule has 1 aromatic heterocycles. The van der Waals surface area contributed by atoms with Crippen molar-refractivity contribution in [2.75, 3.05) is 26.2 Å². The first-order chi connectivity index (χ1) is 12.6. The van der Waals surface area contributed by atoms with Crippen molar-refractivity contribution in [2.24, 2.45) is 0 Å². The van der Waals surface area contributed by atoms with Gasteiger partial charge in [-0.2, -0.15) is 0 Å². The van der Waals surface area contributed by atoms with Gasteiger partial charge in [0.1, 0.15) is 0 Å². The normalized spacial score (nSPS) is 15.6. The Labute approximate surface area is 171 Å². The van der Waals surface area contributed by atoms with Crippen LogP contribution in [0, 0.1) is 3.57 Å². The van der Waals surface area contributed by atoms with Crippen LogP contribution >= 0.6 is 33.9 Å². The summed E-state index contributed by atoms with van der Waals surface area (Å²) in [7, 11) is 0. The molecule has 0 radical (unpaired) electrons. The number of rotatable bonds is 7. The summed E-state index contributed by atoms with van der Waals surface area (Å²) < 4.78 is 0.870. The number of hydrogen-bond acceptors (Lipinski definition) is 4. The summed E-state index contributed by atoms with van der Waals surface area (Å²) in [6, 6.07) is 11.7. The third-order valence-corrected chi connectivity index (χ3v) is 6.39. The van der Waals surface area contributed by atoms with Gasteiger partial charge in [0.05, 0.1) is 18.2 Å². The molecule has 1 aliphatic rings. The number of amides is 2. The first kappa shape index (κ1) is 19.3.